The number of nitrogens with zero attached hydrogens (tertiary/aromatic N) is 2. The third-order valence-electron chi connectivity index (χ3n) is 5.61. The zero-order valence-electron chi connectivity index (χ0n) is 17.2. The van der Waals surface area contributed by atoms with Gasteiger partial charge in [0.25, 0.3) is 0 Å². The van der Waals surface area contributed by atoms with E-state index in [9.17, 15) is 4.79 Å². The first-order valence-corrected chi connectivity index (χ1v) is 11.2. The van der Waals surface area contributed by atoms with E-state index in [1.165, 1.54) is 0 Å². The maximum absolute atomic E-state index is 13.0. The van der Waals surface area contributed by atoms with Crippen molar-refractivity contribution in [3.05, 3.63) is 106 Å². The fourth-order valence-electron chi connectivity index (χ4n) is 4.05. The molecule has 1 aliphatic rings. The predicted octanol–water partition coefficient (Wildman–Crippen LogP) is 6.29. The largest absolute Gasteiger partial charge is 0.486 e. The Hall–Kier alpha value is -3.44. The summed E-state index contributed by atoms with van der Waals surface area (Å²) in [5, 5.41) is 2.03. The molecule has 0 radical (unpaired) electrons. The van der Waals surface area contributed by atoms with Crippen LogP contribution >= 0.6 is 11.3 Å². The molecule has 0 fully saturated rings. The van der Waals surface area contributed by atoms with Gasteiger partial charge in [-0.1, -0.05) is 24.3 Å². The summed E-state index contributed by atoms with van der Waals surface area (Å²) in [6, 6.07) is 18.0. The molecule has 4 nitrogen and oxygen atoms in total. The maximum Gasteiger partial charge on any atom is 0.189 e. The van der Waals surface area contributed by atoms with Crippen LogP contribution in [0.2, 0.25) is 0 Å². The summed E-state index contributed by atoms with van der Waals surface area (Å²) in [6.07, 6.45) is 8.96. The zero-order chi connectivity index (χ0) is 21.2. The molecule has 0 saturated carbocycles. The third kappa shape index (κ3) is 3.97. The molecule has 2 aromatic carbocycles. The van der Waals surface area contributed by atoms with Gasteiger partial charge < -0.3 is 9.30 Å². The van der Waals surface area contributed by atoms with Gasteiger partial charge in [0.1, 0.15) is 11.9 Å². The van der Waals surface area contributed by atoms with Crippen LogP contribution in [0.5, 0.6) is 5.75 Å². The van der Waals surface area contributed by atoms with E-state index in [2.05, 4.69) is 17.1 Å². The van der Waals surface area contributed by atoms with E-state index < -0.39 is 0 Å². The second kappa shape index (κ2) is 8.36. The van der Waals surface area contributed by atoms with Crippen molar-refractivity contribution >= 4 is 23.2 Å². The first-order chi connectivity index (χ1) is 15.2. The van der Waals surface area contributed by atoms with Crippen LogP contribution in [0.4, 0.5) is 0 Å². The van der Waals surface area contributed by atoms with E-state index in [0.717, 1.165) is 51.4 Å². The summed E-state index contributed by atoms with van der Waals surface area (Å²) >= 11 is 1.65. The number of ether oxygens (including phenoxy) is 1. The minimum absolute atomic E-state index is 0.125. The maximum atomic E-state index is 13.0. The highest BCUT2D eigenvalue weighted by Crippen LogP contribution is 2.32. The smallest absolute Gasteiger partial charge is 0.189 e. The molecule has 1 aliphatic carbocycles. The van der Waals surface area contributed by atoms with Gasteiger partial charge in [-0.15, -0.1) is 11.3 Å². The Balaban J connectivity index is 1.38. The number of para-hydroxylation sites is 1. The molecule has 1 unspecified atom stereocenters. The summed E-state index contributed by atoms with van der Waals surface area (Å²) in [4.78, 5) is 18.2. The quantitative estimate of drug-likeness (QED) is 0.353. The van der Waals surface area contributed by atoms with Gasteiger partial charge in [0.15, 0.2) is 5.78 Å². The Labute approximate surface area is 185 Å². The Morgan fingerprint density at radius 2 is 2.03 bits per heavy atom. The number of fused-ring (bicyclic) bond motifs is 1. The molecular weight excluding hydrogens is 404 g/mol. The number of aromatic nitrogens is 2. The zero-order valence-corrected chi connectivity index (χ0v) is 18.0. The van der Waals surface area contributed by atoms with Crippen molar-refractivity contribution in [1.82, 2.24) is 9.55 Å². The number of aryl methyl sites for hydroxylation is 1. The van der Waals surface area contributed by atoms with Gasteiger partial charge in [0, 0.05) is 34.0 Å². The first-order valence-electron chi connectivity index (χ1n) is 10.3. The second-order valence-corrected chi connectivity index (χ2v) is 8.60. The molecule has 154 valence electrons. The van der Waals surface area contributed by atoms with E-state index in [1.54, 1.807) is 23.9 Å². The Bertz CT molecular complexity index is 1240. The van der Waals surface area contributed by atoms with Crippen molar-refractivity contribution in [2.24, 2.45) is 0 Å². The van der Waals surface area contributed by atoms with Crippen LogP contribution < -0.4 is 4.74 Å². The van der Waals surface area contributed by atoms with E-state index in [1.807, 2.05) is 71.6 Å². The molecule has 2 aromatic heterocycles. The Morgan fingerprint density at radius 1 is 1.13 bits per heavy atom. The summed E-state index contributed by atoms with van der Waals surface area (Å²) in [7, 11) is 0. The van der Waals surface area contributed by atoms with Crippen molar-refractivity contribution in [2.75, 3.05) is 0 Å². The van der Waals surface area contributed by atoms with Crippen LogP contribution in [0.15, 0.2) is 84.3 Å². The molecule has 0 saturated heterocycles. The predicted molar refractivity (Wildman–Crippen MR) is 124 cm³/mol. The molecular formula is C26H22N2O2S. The minimum Gasteiger partial charge on any atom is -0.486 e. The van der Waals surface area contributed by atoms with E-state index in [-0.39, 0.29) is 11.9 Å². The SMILES string of the molecule is CC(Oc1ccc2c(c1)CC/C(=C/c1cccs1)C2=O)c1ccccc1-n1ccnc1. The average Bonchev–Trinajstić information content (AvgIpc) is 3.50. The molecule has 2 heterocycles. The van der Waals surface area contributed by atoms with Gasteiger partial charge in [-0.25, -0.2) is 4.98 Å². The number of ketones is 1. The molecule has 5 heteroatoms. The minimum atomic E-state index is -0.148. The second-order valence-electron chi connectivity index (χ2n) is 7.62. The number of thiophene rings is 1. The number of allylic oxidation sites excluding steroid dienone is 1. The van der Waals surface area contributed by atoms with Crippen LogP contribution in [0.1, 0.15) is 45.8 Å². The summed E-state index contributed by atoms with van der Waals surface area (Å²) in [5.41, 5.74) is 4.85. The molecule has 0 N–H and O–H groups in total. The monoisotopic (exact) mass is 426 g/mol. The van der Waals surface area contributed by atoms with Crippen molar-refractivity contribution in [3.8, 4) is 11.4 Å². The number of imidazole rings is 1. The van der Waals surface area contributed by atoms with Gasteiger partial charge in [0.2, 0.25) is 0 Å². The number of benzene rings is 2. The number of carbonyl (C=O) groups excluding carboxylic acids is 1. The Kier molecular flexibility index (Phi) is 5.26. The van der Waals surface area contributed by atoms with Crippen LogP contribution in [-0.4, -0.2) is 15.3 Å². The molecule has 4 aromatic rings. The van der Waals surface area contributed by atoms with Crippen LogP contribution in [0.3, 0.4) is 0 Å². The Morgan fingerprint density at radius 3 is 2.84 bits per heavy atom. The van der Waals surface area contributed by atoms with Crippen LogP contribution in [0, 0.1) is 0 Å². The molecule has 0 bridgehead atoms. The highest BCUT2D eigenvalue weighted by Gasteiger charge is 2.23. The topological polar surface area (TPSA) is 44.1 Å². The van der Waals surface area contributed by atoms with Gasteiger partial charge in [-0.05, 0) is 67.1 Å². The van der Waals surface area contributed by atoms with Gasteiger partial charge in [0.05, 0.1) is 12.0 Å². The van der Waals surface area contributed by atoms with E-state index in [4.69, 9.17) is 4.74 Å². The van der Waals surface area contributed by atoms with Gasteiger partial charge in [-0.2, -0.15) is 0 Å². The third-order valence-corrected chi connectivity index (χ3v) is 6.43. The van der Waals surface area contributed by atoms with Crippen molar-refractivity contribution in [3.63, 3.8) is 0 Å². The van der Waals surface area contributed by atoms with Crippen molar-refractivity contribution < 1.29 is 9.53 Å². The molecule has 0 aliphatic heterocycles. The number of hydrogen-bond acceptors (Lipinski definition) is 4. The molecule has 31 heavy (non-hydrogen) atoms. The van der Waals surface area contributed by atoms with Crippen LogP contribution in [0.25, 0.3) is 11.8 Å². The average molecular weight is 427 g/mol. The fraction of sp³-hybridized carbons (Fsp3) is 0.154. The lowest BCUT2D eigenvalue weighted by Gasteiger charge is -2.21. The fourth-order valence-corrected chi connectivity index (χ4v) is 4.73. The first kappa shape index (κ1) is 19.5. The lowest BCUT2D eigenvalue weighted by atomic mass is 9.86. The van der Waals surface area contributed by atoms with E-state index >= 15 is 0 Å². The van der Waals surface area contributed by atoms with Crippen LogP contribution in [-0.2, 0) is 6.42 Å². The normalized spacial score (nSPS) is 15.6. The molecule has 5 rings (SSSR count). The lowest BCUT2D eigenvalue weighted by molar-refractivity contribution is 0.102. The molecule has 0 amide bonds. The molecule has 0 spiro atoms. The molecule has 1 atom stereocenters. The standard InChI is InChI=1S/C26H22N2O2S/c1-18(23-6-2-3-7-25(23)28-13-12-27-17-28)30-21-10-11-24-19(15-21)8-9-20(26(24)29)16-22-5-4-14-31-22/h2-7,10-18H,8-9H2,1H3/b20-16-. The number of rotatable bonds is 5. The summed E-state index contributed by atoms with van der Waals surface area (Å²) in [5.74, 6) is 0.907. The van der Waals surface area contributed by atoms with Crippen molar-refractivity contribution in [2.45, 2.75) is 25.9 Å². The lowest BCUT2D eigenvalue weighted by Crippen LogP contribution is -2.14. The highest BCUT2D eigenvalue weighted by atomic mass is 32.1. The van der Waals surface area contributed by atoms with Gasteiger partial charge >= 0.3 is 0 Å². The summed E-state index contributed by atoms with van der Waals surface area (Å²) < 4.78 is 8.28. The van der Waals surface area contributed by atoms with E-state index in [0.29, 0.717) is 0 Å². The highest BCUT2D eigenvalue weighted by molar-refractivity contribution is 7.10. The number of carbonyl (C=O) groups is 1. The number of hydrogen-bond donors (Lipinski definition) is 0. The number of Topliss-reactive ketones (excluding diaryl/α,β-unsaturated/α-hetero) is 1. The summed E-state index contributed by atoms with van der Waals surface area (Å²) in [6.45, 7) is 2.04. The van der Waals surface area contributed by atoms with Gasteiger partial charge in [-0.3, -0.25) is 4.79 Å². The van der Waals surface area contributed by atoms with Crippen molar-refractivity contribution in [1.29, 1.82) is 0 Å².